The Hall–Kier alpha value is -2.84. The second-order valence-electron chi connectivity index (χ2n) is 6.25. The van der Waals surface area contributed by atoms with Gasteiger partial charge in [-0.1, -0.05) is 52.0 Å². The number of benzene rings is 3. The van der Waals surface area contributed by atoms with Gasteiger partial charge in [-0.05, 0) is 35.9 Å². The van der Waals surface area contributed by atoms with Crippen LogP contribution < -0.4 is 4.74 Å². The van der Waals surface area contributed by atoms with Crippen molar-refractivity contribution >= 4 is 44.4 Å². The normalized spacial score (nSPS) is 11.0. The number of thioether (sulfide) groups is 1. The average Bonchev–Trinajstić information content (AvgIpc) is 3.10. The van der Waals surface area contributed by atoms with Crippen molar-refractivity contribution < 1.29 is 9.66 Å². The van der Waals surface area contributed by atoms with Crippen LogP contribution >= 0.6 is 27.7 Å². The molecule has 29 heavy (non-hydrogen) atoms. The van der Waals surface area contributed by atoms with Crippen LogP contribution in [0.5, 0.6) is 5.75 Å². The highest BCUT2D eigenvalue weighted by Crippen LogP contribution is 2.35. The lowest BCUT2D eigenvalue weighted by atomic mass is 10.2. The summed E-state index contributed by atoms with van der Waals surface area (Å²) in [6, 6.07) is 20.5. The Balaban J connectivity index is 1.82. The van der Waals surface area contributed by atoms with Gasteiger partial charge < -0.3 is 4.74 Å². The number of aromatic nitrogens is 2. The Kier molecular flexibility index (Phi) is 5.55. The summed E-state index contributed by atoms with van der Waals surface area (Å²) in [5.74, 6) is 1.42. The molecule has 8 heteroatoms. The monoisotopic (exact) mass is 469 g/mol. The number of imidazole rings is 1. The third-order valence-corrected chi connectivity index (χ3v) is 5.96. The number of methoxy groups -OCH3 is 1. The highest BCUT2D eigenvalue weighted by atomic mass is 79.9. The molecule has 0 saturated carbocycles. The van der Waals surface area contributed by atoms with E-state index in [-0.39, 0.29) is 5.69 Å². The molecule has 0 spiro atoms. The summed E-state index contributed by atoms with van der Waals surface area (Å²) >= 11 is 5.02. The summed E-state index contributed by atoms with van der Waals surface area (Å²) in [6.45, 7) is 0. The molecule has 0 aliphatic carbocycles. The van der Waals surface area contributed by atoms with Crippen molar-refractivity contribution in [3.63, 3.8) is 0 Å². The van der Waals surface area contributed by atoms with Gasteiger partial charge in [-0.15, -0.1) is 0 Å². The molecule has 146 valence electrons. The number of nitro groups is 1. The van der Waals surface area contributed by atoms with Gasteiger partial charge in [-0.3, -0.25) is 14.7 Å². The molecule has 0 unspecified atom stereocenters. The first-order valence-electron chi connectivity index (χ1n) is 8.74. The van der Waals surface area contributed by atoms with Crippen molar-refractivity contribution in [1.82, 2.24) is 9.55 Å². The van der Waals surface area contributed by atoms with E-state index in [1.54, 1.807) is 24.9 Å². The second kappa shape index (κ2) is 8.26. The van der Waals surface area contributed by atoms with Gasteiger partial charge in [-0.2, -0.15) is 0 Å². The van der Waals surface area contributed by atoms with Crippen LogP contribution in [0, 0.1) is 10.1 Å². The summed E-state index contributed by atoms with van der Waals surface area (Å²) < 4.78 is 8.55. The standard InChI is InChI=1S/C21H16BrN3O3S/c1-28-20-5-3-2-4-19(20)24-18-11-10-16(25(26)27)12-17(18)23-21(24)29-13-14-6-8-15(22)9-7-14/h2-12H,13H2,1H3. The number of halogens is 1. The van der Waals surface area contributed by atoms with Crippen molar-refractivity contribution in [3.05, 3.63) is 86.9 Å². The molecule has 3 aromatic carbocycles. The van der Waals surface area contributed by atoms with E-state index in [0.717, 1.165) is 26.4 Å². The quantitative estimate of drug-likeness (QED) is 0.197. The number of non-ortho nitro benzene ring substituents is 1. The molecule has 0 radical (unpaired) electrons. The Labute approximate surface area is 179 Å². The molecular formula is C21H16BrN3O3S. The zero-order valence-corrected chi connectivity index (χ0v) is 17.8. The minimum absolute atomic E-state index is 0.0200. The van der Waals surface area contributed by atoms with E-state index in [0.29, 0.717) is 17.0 Å². The zero-order chi connectivity index (χ0) is 20.4. The molecule has 4 aromatic rings. The number of hydrogen-bond donors (Lipinski definition) is 0. The first-order valence-corrected chi connectivity index (χ1v) is 10.5. The van der Waals surface area contributed by atoms with Gasteiger partial charge in [0.1, 0.15) is 5.75 Å². The van der Waals surface area contributed by atoms with Gasteiger partial charge in [0.05, 0.1) is 28.8 Å². The molecule has 1 aromatic heterocycles. The number of hydrogen-bond acceptors (Lipinski definition) is 5. The molecule has 0 atom stereocenters. The highest BCUT2D eigenvalue weighted by molar-refractivity contribution is 9.10. The van der Waals surface area contributed by atoms with E-state index < -0.39 is 4.92 Å². The summed E-state index contributed by atoms with van der Waals surface area (Å²) in [5.41, 5.74) is 3.38. The molecule has 1 heterocycles. The van der Waals surface area contributed by atoms with Gasteiger partial charge in [-0.25, -0.2) is 4.98 Å². The number of fused-ring (bicyclic) bond motifs is 1. The van der Waals surface area contributed by atoms with E-state index >= 15 is 0 Å². The Morgan fingerprint density at radius 2 is 1.90 bits per heavy atom. The minimum atomic E-state index is -0.407. The van der Waals surface area contributed by atoms with Gasteiger partial charge in [0, 0.05) is 22.4 Å². The third-order valence-electron chi connectivity index (χ3n) is 4.43. The summed E-state index contributed by atoms with van der Waals surface area (Å²) in [6.07, 6.45) is 0. The Morgan fingerprint density at radius 3 is 2.62 bits per heavy atom. The molecule has 4 rings (SSSR count). The first kappa shape index (κ1) is 19.5. The molecule has 0 bridgehead atoms. The van der Waals surface area contributed by atoms with E-state index in [4.69, 9.17) is 9.72 Å². The third kappa shape index (κ3) is 3.99. The van der Waals surface area contributed by atoms with Crippen molar-refractivity contribution in [3.8, 4) is 11.4 Å². The van der Waals surface area contributed by atoms with Crippen LogP contribution in [0.4, 0.5) is 5.69 Å². The second-order valence-corrected chi connectivity index (χ2v) is 8.11. The Morgan fingerprint density at radius 1 is 1.14 bits per heavy atom. The number of rotatable bonds is 6. The fourth-order valence-electron chi connectivity index (χ4n) is 3.03. The van der Waals surface area contributed by atoms with Crippen LogP contribution in [0.25, 0.3) is 16.7 Å². The molecule has 6 nitrogen and oxygen atoms in total. The fourth-order valence-corrected chi connectivity index (χ4v) is 4.27. The highest BCUT2D eigenvalue weighted by Gasteiger charge is 2.18. The lowest BCUT2D eigenvalue weighted by molar-refractivity contribution is -0.384. The lowest BCUT2D eigenvalue weighted by Crippen LogP contribution is -2.00. The number of nitro benzene ring substituents is 1. The van der Waals surface area contributed by atoms with Crippen LogP contribution in [0.1, 0.15) is 5.56 Å². The van der Waals surface area contributed by atoms with E-state index in [9.17, 15) is 10.1 Å². The molecule has 0 saturated heterocycles. The summed E-state index contributed by atoms with van der Waals surface area (Å²) in [4.78, 5) is 15.5. The van der Waals surface area contributed by atoms with Crippen molar-refractivity contribution in [1.29, 1.82) is 0 Å². The maximum atomic E-state index is 11.2. The Bertz CT molecular complexity index is 1190. The number of para-hydroxylation sites is 2. The predicted molar refractivity (Wildman–Crippen MR) is 118 cm³/mol. The van der Waals surface area contributed by atoms with Crippen molar-refractivity contribution in [2.75, 3.05) is 7.11 Å². The van der Waals surface area contributed by atoms with E-state index in [1.165, 1.54) is 12.1 Å². The minimum Gasteiger partial charge on any atom is -0.495 e. The van der Waals surface area contributed by atoms with Crippen LogP contribution in [0.2, 0.25) is 0 Å². The van der Waals surface area contributed by atoms with Crippen molar-refractivity contribution in [2.24, 2.45) is 0 Å². The fraction of sp³-hybridized carbons (Fsp3) is 0.0952. The predicted octanol–water partition coefficient (Wildman–Crippen LogP) is 6.00. The van der Waals surface area contributed by atoms with Gasteiger partial charge in [0.25, 0.3) is 5.69 Å². The maximum absolute atomic E-state index is 11.2. The zero-order valence-electron chi connectivity index (χ0n) is 15.4. The van der Waals surface area contributed by atoms with E-state index in [1.807, 2.05) is 41.0 Å². The van der Waals surface area contributed by atoms with Gasteiger partial charge >= 0.3 is 0 Å². The SMILES string of the molecule is COc1ccccc1-n1c(SCc2ccc(Br)cc2)nc2cc([N+](=O)[O-])ccc21. The summed E-state index contributed by atoms with van der Waals surface area (Å²) in [5, 5.41) is 11.9. The molecule has 0 aliphatic heterocycles. The van der Waals surface area contributed by atoms with Crippen LogP contribution in [0.3, 0.4) is 0 Å². The smallest absolute Gasteiger partial charge is 0.271 e. The van der Waals surface area contributed by atoms with E-state index in [2.05, 4.69) is 28.1 Å². The van der Waals surface area contributed by atoms with Crippen molar-refractivity contribution in [2.45, 2.75) is 10.9 Å². The summed E-state index contributed by atoms with van der Waals surface area (Å²) in [7, 11) is 1.62. The first-order chi connectivity index (χ1) is 14.1. The molecule has 0 aliphatic rings. The maximum Gasteiger partial charge on any atom is 0.271 e. The molecule has 0 fully saturated rings. The number of nitrogens with zero attached hydrogens (tertiary/aromatic N) is 3. The molecule has 0 N–H and O–H groups in total. The van der Waals surface area contributed by atoms with Crippen LogP contribution in [-0.4, -0.2) is 21.6 Å². The largest absolute Gasteiger partial charge is 0.495 e. The number of ether oxygens (including phenoxy) is 1. The lowest BCUT2D eigenvalue weighted by Gasteiger charge is -2.13. The van der Waals surface area contributed by atoms with Gasteiger partial charge in [0.15, 0.2) is 5.16 Å². The topological polar surface area (TPSA) is 70.2 Å². The van der Waals surface area contributed by atoms with Crippen LogP contribution in [0.15, 0.2) is 76.4 Å². The molecule has 0 amide bonds. The molecular weight excluding hydrogens is 454 g/mol. The van der Waals surface area contributed by atoms with Crippen LogP contribution in [-0.2, 0) is 5.75 Å². The average molecular weight is 470 g/mol. The van der Waals surface area contributed by atoms with Gasteiger partial charge in [0.2, 0.25) is 0 Å².